The normalized spacial score (nSPS) is 20.0. The highest BCUT2D eigenvalue weighted by Gasteiger charge is 2.26. The molecule has 2 aromatic rings. The quantitative estimate of drug-likeness (QED) is 0.735. The Morgan fingerprint density at radius 2 is 1.77 bits per heavy atom. The summed E-state index contributed by atoms with van der Waals surface area (Å²) in [6.07, 6.45) is 7.76. The van der Waals surface area contributed by atoms with Crippen molar-refractivity contribution in [3.05, 3.63) is 48.0 Å². The lowest BCUT2D eigenvalue weighted by Crippen LogP contribution is -2.37. The number of aromatic nitrogens is 3. The molecule has 0 spiro atoms. The van der Waals surface area contributed by atoms with Gasteiger partial charge >= 0.3 is 0 Å². The minimum atomic E-state index is 0.151. The highest BCUT2D eigenvalue weighted by Crippen LogP contribution is 2.23. The summed E-state index contributed by atoms with van der Waals surface area (Å²) in [5.74, 6) is 1.53. The van der Waals surface area contributed by atoms with Crippen molar-refractivity contribution >= 4 is 11.8 Å². The molecule has 0 aliphatic carbocycles. The van der Waals surface area contributed by atoms with Gasteiger partial charge in [-0.3, -0.25) is 14.3 Å². The highest BCUT2D eigenvalue weighted by molar-refractivity contribution is 5.94. The molecular weight excluding hydrogens is 378 g/mol. The molecule has 0 radical (unpaired) electrons. The van der Waals surface area contributed by atoms with Gasteiger partial charge in [0.2, 0.25) is 5.91 Å². The second-order valence-corrected chi connectivity index (χ2v) is 8.78. The summed E-state index contributed by atoms with van der Waals surface area (Å²) in [5, 5.41) is 4.05. The third kappa shape index (κ3) is 5.07. The number of carbonyl (C=O) groups is 2. The molecule has 2 aliphatic heterocycles. The van der Waals surface area contributed by atoms with Crippen LogP contribution in [-0.2, 0) is 17.8 Å². The summed E-state index contributed by atoms with van der Waals surface area (Å²) in [7, 11) is 0. The van der Waals surface area contributed by atoms with E-state index in [4.69, 9.17) is 0 Å². The van der Waals surface area contributed by atoms with Crippen LogP contribution in [0, 0.1) is 11.8 Å². The molecule has 1 unspecified atom stereocenters. The molecule has 2 saturated heterocycles. The minimum absolute atomic E-state index is 0.151. The van der Waals surface area contributed by atoms with Crippen molar-refractivity contribution in [1.29, 1.82) is 0 Å². The molecule has 4 rings (SSSR count). The van der Waals surface area contributed by atoms with E-state index in [2.05, 4.69) is 29.1 Å². The predicted octanol–water partition coefficient (Wildman–Crippen LogP) is 2.63. The van der Waals surface area contributed by atoms with Crippen LogP contribution in [0.25, 0.3) is 0 Å². The summed E-state index contributed by atoms with van der Waals surface area (Å²) in [5.41, 5.74) is 2.02. The van der Waals surface area contributed by atoms with Crippen molar-refractivity contribution in [2.24, 2.45) is 11.8 Å². The van der Waals surface area contributed by atoms with Crippen LogP contribution in [0.2, 0.25) is 0 Å². The number of rotatable bonds is 6. The monoisotopic (exact) mass is 409 g/mol. The standard InChI is InChI=1S/C23H31N5O2/c1-18-6-10-26(11-7-18)23(30)21-4-2-19(3-5-21)14-20-8-12-27(15-20)22(29)9-13-28-17-24-16-25-28/h2-5,16-18,20H,6-15H2,1H3. The van der Waals surface area contributed by atoms with E-state index in [0.717, 1.165) is 63.3 Å². The first-order valence-electron chi connectivity index (χ1n) is 11.1. The van der Waals surface area contributed by atoms with E-state index in [1.165, 1.54) is 11.9 Å². The Balaban J connectivity index is 1.24. The predicted molar refractivity (Wildman–Crippen MR) is 114 cm³/mol. The van der Waals surface area contributed by atoms with Crippen LogP contribution in [0.5, 0.6) is 0 Å². The third-order valence-corrected chi connectivity index (χ3v) is 6.46. The molecule has 3 heterocycles. The molecule has 1 aromatic heterocycles. The minimum Gasteiger partial charge on any atom is -0.342 e. The summed E-state index contributed by atoms with van der Waals surface area (Å²) in [4.78, 5) is 33.0. The van der Waals surface area contributed by atoms with Gasteiger partial charge in [0.1, 0.15) is 12.7 Å². The Kier molecular flexibility index (Phi) is 6.45. The lowest BCUT2D eigenvalue weighted by Gasteiger charge is -2.30. The summed E-state index contributed by atoms with van der Waals surface area (Å²) in [6, 6.07) is 8.08. The van der Waals surface area contributed by atoms with Gasteiger partial charge < -0.3 is 9.80 Å². The SMILES string of the molecule is CC1CCN(C(=O)c2ccc(CC3CCN(C(=O)CCn4cncn4)C3)cc2)CC1. The van der Waals surface area contributed by atoms with Crippen LogP contribution >= 0.6 is 0 Å². The van der Waals surface area contributed by atoms with Gasteiger partial charge in [-0.15, -0.1) is 0 Å². The smallest absolute Gasteiger partial charge is 0.253 e. The fourth-order valence-corrected chi connectivity index (χ4v) is 4.45. The van der Waals surface area contributed by atoms with E-state index in [1.807, 2.05) is 21.9 Å². The number of hydrogen-bond donors (Lipinski definition) is 0. The number of hydrogen-bond acceptors (Lipinski definition) is 4. The van der Waals surface area contributed by atoms with Crippen molar-refractivity contribution in [1.82, 2.24) is 24.6 Å². The van der Waals surface area contributed by atoms with Crippen LogP contribution in [0.3, 0.4) is 0 Å². The zero-order valence-corrected chi connectivity index (χ0v) is 17.7. The molecule has 2 fully saturated rings. The van der Waals surface area contributed by atoms with E-state index in [1.54, 1.807) is 11.0 Å². The zero-order valence-electron chi connectivity index (χ0n) is 17.7. The molecule has 2 amide bonds. The maximum Gasteiger partial charge on any atom is 0.253 e. The first kappa shape index (κ1) is 20.6. The van der Waals surface area contributed by atoms with Crippen LogP contribution < -0.4 is 0 Å². The third-order valence-electron chi connectivity index (χ3n) is 6.46. The number of aryl methyl sites for hydroxylation is 1. The Morgan fingerprint density at radius 1 is 1.03 bits per heavy atom. The largest absolute Gasteiger partial charge is 0.342 e. The molecule has 7 nitrogen and oxygen atoms in total. The van der Waals surface area contributed by atoms with Gasteiger partial charge in [-0.2, -0.15) is 5.10 Å². The lowest BCUT2D eigenvalue weighted by atomic mass is 9.96. The molecule has 7 heteroatoms. The van der Waals surface area contributed by atoms with Gasteiger partial charge in [0.15, 0.2) is 0 Å². The fourth-order valence-electron chi connectivity index (χ4n) is 4.45. The van der Waals surface area contributed by atoms with Gasteiger partial charge in [-0.1, -0.05) is 19.1 Å². The Hall–Kier alpha value is -2.70. The highest BCUT2D eigenvalue weighted by atomic mass is 16.2. The second kappa shape index (κ2) is 9.41. The molecule has 160 valence electrons. The number of benzene rings is 1. The van der Waals surface area contributed by atoms with Crippen LogP contribution in [0.15, 0.2) is 36.9 Å². The van der Waals surface area contributed by atoms with E-state index in [0.29, 0.717) is 18.9 Å². The van der Waals surface area contributed by atoms with Crippen molar-refractivity contribution in [2.75, 3.05) is 26.2 Å². The van der Waals surface area contributed by atoms with Gasteiger partial charge in [0.25, 0.3) is 5.91 Å². The number of likely N-dealkylation sites (tertiary alicyclic amines) is 2. The summed E-state index contributed by atoms with van der Waals surface area (Å²) >= 11 is 0. The van der Waals surface area contributed by atoms with Gasteiger partial charge in [-0.05, 0) is 55.2 Å². The number of amides is 2. The average molecular weight is 410 g/mol. The Morgan fingerprint density at radius 3 is 2.47 bits per heavy atom. The van der Waals surface area contributed by atoms with Crippen LogP contribution in [0.1, 0.15) is 48.5 Å². The summed E-state index contributed by atoms with van der Waals surface area (Å²) in [6.45, 7) is 6.19. The molecule has 1 aromatic carbocycles. The summed E-state index contributed by atoms with van der Waals surface area (Å²) < 4.78 is 1.69. The van der Waals surface area contributed by atoms with Crippen molar-refractivity contribution < 1.29 is 9.59 Å². The fraction of sp³-hybridized carbons (Fsp3) is 0.565. The van der Waals surface area contributed by atoms with Crippen molar-refractivity contribution in [2.45, 2.75) is 45.6 Å². The van der Waals surface area contributed by atoms with Gasteiger partial charge in [0, 0.05) is 38.2 Å². The van der Waals surface area contributed by atoms with E-state index in [-0.39, 0.29) is 11.8 Å². The molecule has 0 N–H and O–H groups in total. The van der Waals surface area contributed by atoms with E-state index < -0.39 is 0 Å². The molecular formula is C23H31N5O2. The second-order valence-electron chi connectivity index (χ2n) is 8.78. The topological polar surface area (TPSA) is 71.3 Å². The van der Waals surface area contributed by atoms with Crippen LogP contribution in [0.4, 0.5) is 0 Å². The average Bonchev–Trinajstić information content (AvgIpc) is 3.45. The molecule has 2 aliphatic rings. The van der Waals surface area contributed by atoms with E-state index in [9.17, 15) is 9.59 Å². The van der Waals surface area contributed by atoms with Crippen molar-refractivity contribution in [3.63, 3.8) is 0 Å². The zero-order chi connectivity index (χ0) is 20.9. The Labute approximate surface area is 178 Å². The van der Waals surface area contributed by atoms with Gasteiger partial charge in [0.05, 0.1) is 6.54 Å². The molecule has 30 heavy (non-hydrogen) atoms. The van der Waals surface area contributed by atoms with Crippen LogP contribution in [-0.4, -0.2) is 62.6 Å². The number of nitrogens with zero attached hydrogens (tertiary/aromatic N) is 5. The first-order chi connectivity index (χ1) is 14.6. The molecule has 1 atom stereocenters. The van der Waals surface area contributed by atoms with Crippen molar-refractivity contribution in [3.8, 4) is 0 Å². The number of carbonyl (C=O) groups excluding carboxylic acids is 2. The maximum absolute atomic E-state index is 12.7. The molecule has 0 saturated carbocycles. The number of piperidine rings is 1. The maximum atomic E-state index is 12.7. The Bertz CT molecular complexity index is 841. The first-order valence-corrected chi connectivity index (χ1v) is 11.1. The van der Waals surface area contributed by atoms with E-state index >= 15 is 0 Å². The lowest BCUT2D eigenvalue weighted by molar-refractivity contribution is -0.130. The van der Waals surface area contributed by atoms with Gasteiger partial charge in [-0.25, -0.2) is 4.98 Å². The molecule has 0 bridgehead atoms.